The number of para-hydroxylation sites is 2. The monoisotopic (exact) mass is 516 g/mol. The Morgan fingerprint density at radius 3 is 2.56 bits per heavy atom. The number of rotatable bonds is 9. The predicted octanol–water partition coefficient (Wildman–Crippen LogP) is 5.96. The molecular formula is C33H36N6. The molecule has 0 spiro atoms. The first-order chi connectivity index (χ1) is 19.1. The normalized spacial score (nSPS) is 18.5. The van der Waals surface area contributed by atoms with Crippen LogP contribution in [0.1, 0.15) is 46.7 Å². The first kappa shape index (κ1) is 25.4. The molecule has 0 bridgehead atoms. The summed E-state index contributed by atoms with van der Waals surface area (Å²) in [5, 5.41) is 3.62. The molecule has 198 valence electrons. The number of pyridine rings is 1. The molecule has 0 amide bonds. The van der Waals surface area contributed by atoms with Crippen LogP contribution in [0.15, 0.2) is 89.5 Å². The molecule has 0 saturated heterocycles. The van der Waals surface area contributed by atoms with Crippen molar-refractivity contribution in [1.82, 2.24) is 25.2 Å². The zero-order valence-electron chi connectivity index (χ0n) is 22.8. The smallest absolute Gasteiger partial charge is 0.121 e. The summed E-state index contributed by atoms with van der Waals surface area (Å²) in [6, 6.07) is 22.2. The van der Waals surface area contributed by atoms with Crippen LogP contribution in [0, 0.1) is 13.8 Å². The lowest BCUT2D eigenvalue weighted by Crippen LogP contribution is -2.37. The molecule has 6 nitrogen and oxygen atoms in total. The summed E-state index contributed by atoms with van der Waals surface area (Å²) in [4.78, 5) is 20.2. The Kier molecular flexibility index (Phi) is 7.48. The van der Waals surface area contributed by atoms with Crippen molar-refractivity contribution in [2.45, 2.75) is 65.0 Å². The molecule has 6 rings (SSSR count). The van der Waals surface area contributed by atoms with Gasteiger partial charge in [-0.15, -0.1) is 0 Å². The second-order valence-corrected chi connectivity index (χ2v) is 10.8. The molecule has 0 saturated carbocycles. The molecule has 2 N–H and O–H groups in total. The number of hydrogen-bond donors (Lipinski definition) is 2. The Morgan fingerprint density at radius 1 is 0.872 bits per heavy atom. The number of aromatic nitrogens is 3. The first-order valence-electron chi connectivity index (χ1n) is 13.9. The highest BCUT2D eigenvalue weighted by molar-refractivity contribution is 5.75. The molecule has 2 aromatic heterocycles. The molecule has 2 aliphatic rings. The number of nitrogens with one attached hydrogen (secondary N) is 2. The van der Waals surface area contributed by atoms with Crippen molar-refractivity contribution in [3.63, 3.8) is 0 Å². The first-order valence-corrected chi connectivity index (χ1v) is 13.9. The number of H-pyrrole nitrogens is 1. The molecule has 0 fully saturated rings. The van der Waals surface area contributed by atoms with Crippen molar-refractivity contribution < 1.29 is 0 Å². The third kappa shape index (κ3) is 6.24. The molecule has 0 radical (unpaired) electrons. The number of aryl methyl sites for hydroxylation is 2. The maximum Gasteiger partial charge on any atom is 0.121 e. The molecule has 6 heteroatoms. The Hall–Kier alpha value is -3.87. The van der Waals surface area contributed by atoms with E-state index in [0.29, 0.717) is 12.1 Å². The summed E-state index contributed by atoms with van der Waals surface area (Å²) in [5.74, 6) is 1.01. The van der Waals surface area contributed by atoms with Crippen LogP contribution in [0.4, 0.5) is 0 Å². The molecule has 4 aromatic rings. The van der Waals surface area contributed by atoms with Crippen LogP contribution in [0.2, 0.25) is 0 Å². The van der Waals surface area contributed by atoms with Crippen LogP contribution in [0.3, 0.4) is 0 Å². The SMILES string of the molecule is Cc1cc(CNCc2cccc(CN(Cc3nc4ccccc4[nH]3)C3C=C4C=CC=NC4CC3)c2)cc(C)n1. The fraction of sp³-hybridized carbons (Fsp3) is 0.303. The highest BCUT2D eigenvalue weighted by Gasteiger charge is 2.27. The minimum Gasteiger partial charge on any atom is -0.341 e. The van der Waals surface area contributed by atoms with E-state index in [1.807, 2.05) is 12.3 Å². The zero-order chi connectivity index (χ0) is 26.6. The van der Waals surface area contributed by atoms with E-state index in [4.69, 9.17) is 4.98 Å². The fourth-order valence-corrected chi connectivity index (χ4v) is 5.84. The minimum atomic E-state index is 0.307. The van der Waals surface area contributed by atoms with Crippen LogP contribution in [0.5, 0.6) is 0 Å². The molecule has 2 unspecified atom stereocenters. The Morgan fingerprint density at radius 2 is 1.69 bits per heavy atom. The zero-order valence-corrected chi connectivity index (χ0v) is 22.8. The molecule has 3 heterocycles. The summed E-state index contributed by atoms with van der Waals surface area (Å²) < 4.78 is 0. The van der Waals surface area contributed by atoms with E-state index in [1.54, 1.807) is 0 Å². The maximum atomic E-state index is 4.90. The lowest BCUT2D eigenvalue weighted by molar-refractivity contribution is 0.188. The summed E-state index contributed by atoms with van der Waals surface area (Å²) in [6.07, 6.45) is 10.8. The molecule has 2 atom stereocenters. The van der Waals surface area contributed by atoms with Gasteiger partial charge in [-0.3, -0.25) is 14.9 Å². The number of aromatic amines is 1. The number of nitrogens with zero attached hydrogens (tertiary/aromatic N) is 4. The van der Waals surface area contributed by atoms with Gasteiger partial charge in [0.25, 0.3) is 0 Å². The van der Waals surface area contributed by atoms with Gasteiger partial charge in [-0.1, -0.05) is 48.6 Å². The number of imidazole rings is 1. The van der Waals surface area contributed by atoms with Crippen molar-refractivity contribution >= 4 is 17.2 Å². The second-order valence-electron chi connectivity index (χ2n) is 10.8. The van der Waals surface area contributed by atoms with Crippen LogP contribution >= 0.6 is 0 Å². The van der Waals surface area contributed by atoms with E-state index in [-0.39, 0.29) is 0 Å². The van der Waals surface area contributed by atoms with E-state index in [1.165, 1.54) is 22.3 Å². The maximum absolute atomic E-state index is 4.90. The number of dihydropyridines is 1. The van der Waals surface area contributed by atoms with Crippen molar-refractivity contribution in [3.05, 3.63) is 118 Å². The van der Waals surface area contributed by atoms with Crippen LogP contribution in [0.25, 0.3) is 11.0 Å². The quantitative estimate of drug-likeness (QED) is 0.288. The van der Waals surface area contributed by atoms with E-state index in [0.717, 1.165) is 67.3 Å². The van der Waals surface area contributed by atoms with Gasteiger partial charge in [0.15, 0.2) is 0 Å². The van der Waals surface area contributed by atoms with Gasteiger partial charge >= 0.3 is 0 Å². The summed E-state index contributed by atoms with van der Waals surface area (Å²) in [5.41, 5.74) is 9.47. The fourth-order valence-electron chi connectivity index (χ4n) is 5.84. The van der Waals surface area contributed by atoms with Gasteiger partial charge in [-0.05, 0) is 79.3 Å². The van der Waals surface area contributed by atoms with Gasteiger partial charge in [0.05, 0.1) is 23.6 Å². The largest absolute Gasteiger partial charge is 0.341 e. The number of aliphatic imine (C=N–C) groups is 1. The van der Waals surface area contributed by atoms with Gasteiger partial charge in [0.1, 0.15) is 5.82 Å². The molecule has 39 heavy (non-hydrogen) atoms. The molecule has 1 aliphatic heterocycles. The van der Waals surface area contributed by atoms with Crippen LogP contribution < -0.4 is 5.32 Å². The lowest BCUT2D eigenvalue weighted by atomic mass is 9.89. The van der Waals surface area contributed by atoms with Crippen molar-refractivity contribution in [2.24, 2.45) is 4.99 Å². The average Bonchev–Trinajstić information content (AvgIpc) is 3.35. The van der Waals surface area contributed by atoms with E-state index in [2.05, 4.69) is 112 Å². The number of fused-ring (bicyclic) bond motifs is 2. The lowest BCUT2D eigenvalue weighted by Gasteiger charge is -2.34. The van der Waals surface area contributed by atoms with E-state index >= 15 is 0 Å². The van der Waals surface area contributed by atoms with Gasteiger partial charge in [0, 0.05) is 43.3 Å². The second kappa shape index (κ2) is 11.5. The summed E-state index contributed by atoms with van der Waals surface area (Å²) >= 11 is 0. The van der Waals surface area contributed by atoms with Gasteiger partial charge in [0.2, 0.25) is 0 Å². The number of allylic oxidation sites excluding steroid dienone is 1. The van der Waals surface area contributed by atoms with Crippen LogP contribution in [-0.2, 0) is 26.2 Å². The number of hydrogen-bond acceptors (Lipinski definition) is 5. The van der Waals surface area contributed by atoms with E-state index in [9.17, 15) is 0 Å². The molecule has 2 aromatic carbocycles. The predicted molar refractivity (Wildman–Crippen MR) is 159 cm³/mol. The standard InChI is InChI=1S/C33H36N6/c1-23-15-27(16-24(2)36-23)20-34-19-25-7-5-8-26(17-25)21-39(22-33-37-31-10-3-4-11-32(31)38-33)29-12-13-30-28(18-29)9-6-14-35-30/h3-11,14-18,29-30,34H,12-13,19-22H2,1-2H3,(H,37,38). The highest BCUT2D eigenvalue weighted by atomic mass is 15.2. The van der Waals surface area contributed by atoms with Crippen molar-refractivity contribution in [3.8, 4) is 0 Å². The van der Waals surface area contributed by atoms with Crippen LogP contribution in [-0.4, -0.2) is 38.2 Å². The Bertz CT molecular complexity index is 1490. The number of benzene rings is 2. The minimum absolute atomic E-state index is 0.307. The topological polar surface area (TPSA) is 69.2 Å². The summed E-state index contributed by atoms with van der Waals surface area (Å²) in [7, 11) is 0. The van der Waals surface area contributed by atoms with Gasteiger partial charge < -0.3 is 10.3 Å². The van der Waals surface area contributed by atoms with Crippen molar-refractivity contribution in [1.29, 1.82) is 0 Å². The Balaban J connectivity index is 1.19. The van der Waals surface area contributed by atoms with Gasteiger partial charge in [-0.2, -0.15) is 0 Å². The molecule has 1 aliphatic carbocycles. The average molecular weight is 517 g/mol. The molecular weight excluding hydrogens is 480 g/mol. The third-order valence-electron chi connectivity index (χ3n) is 7.58. The van der Waals surface area contributed by atoms with E-state index < -0.39 is 0 Å². The summed E-state index contributed by atoms with van der Waals surface area (Å²) in [6.45, 7) is 7.40. The van der Waals surface area contributed by atoms with Gasteiger partial charge in [-0.25, -0.2) is 4.98 Å². The highest BCUT2D eigenvalue weighted by Crippen LogP contribution is 2.29. The third-order valence-corrected chi connectivity index (χ3v) is 7.58. The Labute approximate surface area is 230 Å². The van der Waals surface area contributed by atoms with Crippen molar-refractivity contribution in [2.75, 3.05) is 0 Å².